The number of carbonyl (C=O) groups is 1. The Morgan fingerprint density at radius 3 is 2.91 bits per heavy atom. The summed E-state index contributed by atoms with van der Waals surface area (Å²) in [6.45, 7) is 2.38. The monoisotopic (exact) mass is 318 g/mol. The van der Waals surface area contributed by atoms with Gasteiger partial charge in [0.2, 0.25) is 0 Å². The molecule has 2 N–H and O–H groups in total. The highest BCUT2D eigenvalue weighted by molar-refractivity contribution is 6.31. The minimum absolute atomic E-state index is 0.0311. The van der Waals surface area contributed by atoms with E-state index in [2.05, 4.69) is 10.3 Å². The van der Waals surface area contributed by atoms with Crippen LogP contribution in [0.3, 0.4) is 0 Å². The first-order chi connectivity index (χ1) is 10.6. The molecule has 116 valence electrons. The number of pyridine rings is 1. The minimum atomic E-state index is -0.142. The molecule has 1 fully saturated rings. The van der Waals surface area contributed by atoms with Crippen molar-refractivity contribution < 1.29 is 9.90 Å². The van der Waals surface area contributed by atoms with Crippen molar-refractivity contribution in [1.29, 1.82) is 0 Å². The molecule has 0 radical (unpaired) electrons. The molecule has 0 spiro atoms. The molecule has 1 aliphatic rings. The van der Waals surface area contributed by atoms with E-state index in [0.29, 0.717) is 23.0 Å². The van der Waals surface area contributed by atoms with E-state index in [1.165, 1.54) is 0 Å². The number of aliphatic hydroxyl groups is 1. The lowest BCUT2D eigenvalue weighted by Crippen LogP contribution is -2.29. The first-order valence-electron chi connectivity index (χ1n) is 7.57. The molecule has 1 aliphatic carbocycles. The molecule has 3 rings (SSSR count). The quantitative estimate of drug-likeness (QED) is 0.890. The zero-order valence-corrected chi connectivity index (χ0v) is 13.2. The Morgan fingerprint density at radius 1 is 1.45 bits per heavy atom. The van der Waals surface area contributed by atoms with Gasteiger partial charge in [-0.15, -0.1) is 0 Å². The van der Waals surface area contributed by atoms with Crippen LogP contribution in [-0.2, 0) is 0 Å². The summed E-state index contributed by atoms with van der Waals surface area (Å²) in [5.41, 5.74) is 2.39. The smallest absolute Gasteiger partial charge is 0.252 e. The second-order valence-corrected chi connectivity index (χ2v) is 6.46. The van der Waals surface area contributed by atoms with Gasteiger partial charge in [-0.25, -0.2) is 0 Å². The fourth-order valence-corrected chi connectivity index (χ4v) is 2.59. The van der Waals surface area contributed by atoms with E-state index < -0.39 is 0 Å². The van der Waals surface area contributed by atoms with E-state index in [-0.39, 0.29) is 18.4 Å². The maximum absolute atomic E-state index is 12.5. The SMILES string of the molecule is CC(CO)CNC(=O)c1cc(C2CC2)nc2ccc(Cl)cc12. The largest absolute Gasteiger partial charge is 0.396 e. The first kappa shape index (κ1) is 15.3. The lowest BCUT2D eigenvalue weighted by Gasteiger charge is -2.12. The summed E-state index contributed by atoms with van der Waals surface area (Å²) < 4.78 is 0. The van der Waals surface area contributed by atoms with Gasteiger partial charge >= 0.3 is 0 Å². The van der Waals surface area contributed by atoms with Gasteiger partial charge in [0.1, 0.15) is 0 Å². The van der Waals surface area contributed by atoms with Crippen LogP contribution in [0.15, 0.2) is 24.3 Å². The van der Waals surface area contributed by atoms with Gasteiger partial charge in [0.25, 0.3) is 5.91 Å². The number of nitrogens with zero attached hydrogens (tertiary/aromatic N) is 1. The Morgan fingerprint density at radius 2 is 2.23 bits per heavy atom. The average Bonchev–Trinajstić information content (AvgIpc) is 3.36. The zero-order chi connectivity index (χ0) is 15.7. The topological polar surface area (TPSA) is 62.2 Å². The van der Waals surface area contributed by atoms with Crippen LogP contribution in [0, 0.1) is 5.92 Å². The highest BCUT2D eigenvalue weighted by atomic mass is 35.5. The maximum Gasteiger partial charge on any atom is 0.252 e. The standard InChI is InChI=1S/C17H19ClN2O2/c1-10(9-21)8-19-17(22)14-7-16(11-2-3-11)20-15-5-4-12(18)6-13(14)15/h4-7,10-11,21H,2-3,8-9H2,1H3,(H,19,22). The number of fused-ring (bicyclic) bond motifs is 1. The van der Waals surface area contributed by atoms with E-state index in [1.807, 2.05) is 19.1 Å². The van der Waals surface area contributed by atoms with E-state index in [0.717, 1.165) is 29.4 Å². The lowest BCUT2D eigenvalue weighted by molar-refractivity contribution is 0.0944. The number of nitrogens with one attached hydrogen (secondary N) is 1. The van der Waals surface area contributed by atoms with Crippen LogP contribution in [0.1, 0.15) is 41.7 Å². The molecule has 1 atom stereocenters. The van der Waals surface area contributed by atoms with Gasteiger partial charge in [-0.1, -0.05) is 18.5 Å². The molecular formula is C17H19ClN2O2. The third-order valence-electron chi connectivity index (χ3n) is 3.95. The van der Waals surface area contributed by atoms with Gasteiger partial charge in [0.05, 0.1) is 11.1 Å². The second kappa shape index (κ2) is 6.23. The van der Waals surface area contributed by atoms with Crippen LogP contribution in [0.4, 0.5) is 0 Å². The molecule has 0 bridgehead atoms. The Hall–Kier alpha value is -1.65. The summed E-state index contributed by atoms with van der Waals surface area (Å²) in [4.78, 5) is 17.2. The van der Waals surface area contributed by atoms with Crippen molar-refractivity contribution in [2.24, 2.45) is 5.92 Å². The predicted molar refractivity (Wildman–Crippen MR) is 87.3 cm³/mol. The fraction of sp³-hybridized carbons (Fsp3) is 0.412. The highest BCUT2D eigenvalue weighted by Gasteiger charge is 2.27. The van der Waals surface area contributed by atoms with Crippen molar-refractivity contribution in [3.8, 4) is 0 Å². The molecule has 4 nitrogen and oxygen atoms in total. The van der Waals surface area contributed by atoms with Gasteiger partial charge < -0.3 is 10.4 Å². The van der Waals surface area contributed by atoms with E-state index >= 15 is 0 Å². The number of aliphatic hydroxyl groups excluding tert-OH is 1. The van der Waals surface area contributed by atoms with Gasteiger partial charge in [0.15, 0.2) is 0 Å². The van der Waals surface area contributed by atoms with Crippen LogP contribution in [0.2, 0.25) is 5.02 Å². The van der Waals surface area contributed by atoms with Crippen LogP contribution >= 0.6 is 11.6 Å². The summed E-state index contributed by atoms with van der Waals surface area (Å²) in [6, 6.07) is 7.32. The van der Waals surface area contributed by atoms with Crippen molar-refractivity contribution in [3.05, 3.63) is 40.5 Å². The maximum atomic E-state index is 12.5. The number of rotatable bonds is 5. The van der Waals surface area contributed by atoms with Crippen LogP contribution in [0.25, 0.3) is 10.9 Å². The van der Waals surface area contributed by atoms with E-state index in [9.17, 15) is 4.79 Å². The zero-order valence-electron chi connectivity index (χ0n) is 12.5. The normalized spacial score (nSPS) is 15.8. The molecule has 1 amide bonds. The Kier molecular flexibility index (Phi) is 4.32. The summed E-state index contributed by atoms with van der Waals surface area (Å²) in [6.07, 6.45) is 2.27. The molecule has 0 aliphatic heterocycles. The van der Waals surface area contributed by atoms with Gasteiger partial charge in [0, 0.05) is 35.2 Å². The van der Waals surface area contributed by atoms with Crippen molar-refractivity contribution in [1.82, 2.24) is 10.3 Å². The fourth-order valence-electron chi connectivity index (χ4n) is 2.42. The highest BCUT2D eigenvalue weighted by Crippen LogP contribution is 2.40. The molecular weight excluding hydrogens is 300 g/mol. The molecule has 5 heteroatoms. The lowest BCUT2D eigenvalue weighted by atomic mass is 10.0. The summed E-state index contributed by atoms with van der Waals surface area (Å²) in [5, 5.41) is 13.3. The molecule has 1 heterocycles. The number of hydrogen-bond acceptors (Lipinski definition) is 3. The molecule has 1 aromatic carbocycles. The summed E-state index contributed by atoms with van der Waals surface area (Å²) >= 11 is 6.07. The average molecular weight is 319 g/mol. The molecule has 1 aromatic heterocycles. The Bertz CT molecular complexity index is 713. The summed E-state index contributed by atoms with van der Waals surface area (Å²) in [7, 11) is 0. The number of hydrogen-bond donors (Lipinski definition) is 2. The van der Waals surface area contributed by atoms with E-state index in [1.54, 1.807) is 12.1 Å². The molecule has 1 saturated carbocycles. The first-order valence-corrected chi connectivity index (χ1v) is 7.95. The number of aromatic nitrogens is 1. The van der Waals surface area contributed by atoms with Crippen LogP contribution in [0.5, 0.6) is 0 Å². The molecule has 22 heavy (non-hydrogen) atoms. The molecule has 0 saturated heterocycles. The third kappa shape index (κ3) is 3.23. The number of amides is 1. The number of halogens is 1. The van der Waals surface area contributed by atoms with Gasteiger partial charge in [-0.2, -0.15) is 0 Å². The Balaban J connectivity index is 1.98. The van der Waals surface area contributed by atoms with Crippen molar-refractivity contribution in [3.63, 3.8) is 0 Å². The van der Waals surface area contributed by atoms with Gasteiger partial charge in [-0.05, 0) is 43.0 Å². The van der Waals surface area contributed by atoms with Crippen molar-refractivity contribution in [2.45, 2.75) is 25.7 Å². The number of benzene rings is 1. The van der Waals surface area contributed by atoms with E-state index in [4.69, 9.17) is 16.7 Å². The summed E-state index contributed by atoms with van der Waals surface area (Å²) in [5.74, 6) is 0.364. The van der Waals surface area contributed by atoms with Crippen molar-refractivity contribution in [2.75, 3.05) is 13.2 Å². The molecule has 1 unspecified atom stereocenters. The number of carbonyl (C=O) groups excluding carboxylic acids is 1. The molecule has 2 aromatic rings. The second-order valence-electron chi connectivity index (χ2n) is 6.03. The van der Waals surface area contributed by atoms with Crippen molar-refractivity contribution >= 4 is 28.4 Å². The van der Waals surface area contributed by atoms with Crippen LogP contribution < -0.4 is 5.32 Å². The Labute approximate surface area is 134 Å². The third-order valence-corrected chi connectivity index (χ3v) is 4.19. The van der Waals surface area contributed by atoms with Gasteiger partial charge in [-0.3, -0.25) is 9.78 Å². The van der Waals surface area contributed by atoms with Crippen LogP contribution in [-0.4, -0.2) is 29.1 Å². The minimum Gasteiger partial charge on any atom is -0.396 e. The predicted octanol–water partition coefficient (Wildman–Crippen LogP) is 3.12.